The molecule has 10 aromatic rings. The van der Waals surface area contributed by atoms with Crippen LogP contribution in [0, 0.1) is 63.2 Å². The predicted octanol–water partition coefficient (Wildman–Crippen LogP) is 12.8. The minimum atomic E-state index is -0.788. The summed E-state index contributed by atoms with van der Waals surface area (Å²) in [6.45, 7) is 13.1. The van der Waals surface area contributed by atoms with E-state index in [4.69, 9.17) is 37.9 Å². The van der Waals surface area contributed by atoms with Gasteiger partial charge < -0.3 is 74.3 Å². The first-order valence-electron chi connectivity index (χ1n) is 45.3. The molecule has 0 radical (unpaired) electrons. The molecular formula is C94H118N20O20. The lowest BCUT2D eigenvalue weighted by atomic mass is 9.87. The first-order valence-corrected chi connectivity index (χ1v) is 45.3. The Morgan fingerprint density at radius 3 is 1.08 bits per heavy atom. The summed E-state index contributed by atoms with van der Waals surface area (Å²) in [5, 5.41) is 78.5. The highest BCUT2D eigenvalue weighted by Crippen LogP contribution is 2.37. The molecule has 15 rings (SSSR count). The number of alkyl carbamates (subject to hydrolysis) is 3. The molecule has 3 amide bonds. The fraction of sp³-hybridized carbons (Fsp3) is 0.500. The number of aliphatic carboxylic acids is 4. The van der Waals surface area contributed by atoms with Gasteiger partial charge >= 0.3 is 48.1 Å². The number of rotatable bonds is 33. The number of nitrogens with zero attached hydrogens (tertiary/aromatic N) is 17. The van der Waals surface area contributed by atoms with Gasteiger partial charge in [0.15, 0.2) is 0 Å². The summed E-state index contributed by atoms with van der Waals surface area (Å²) >= 11 is 0. The molecule has 8 heterocycles. The summed E-state index contributed by atoms with van der Waals surface area (Å²) in [5.41, 5.74) is 11.5. The van der Waals surface area contributed by atoms with Crippen molar-refractivity contribution >= 4 is 48.1 Å². The van der Waals surface area contributed by atoms with Crippen LogP contribution in [0.25, 0.3) is 45.6 Å². The van der Waals surface area contributed by atoms with Gasteiger partial charge in [-0.2, -0.15) is 0 Å². The highest BCUT2D eigenvalue weighted by Gasteiger charge is 2.35. The summed E-state index contributed by atoms with van der Waals surface area (Å²) in [5.74, 6) is -1.76. The third-order valence-electron chi connectivity index (χ3n) is 24.1. The second-order valence-electron chi connectivity index (χ2n) is 34.4. The van der Waals surface area contributed by atoms with Gasteiger partial charge in [0.05, 0.1) is 144 Å². The number of carbonyl (C=O) groups is 8. The number of carbonyl (C=O) groups excluding carboxylic acids is 4. The molecule has 714 valence electrons. The second-order valence-corrected chi connectivity index (χ2v) is 34.4. The van der Waals surface area contributed by atoms with Crippen LogP contribution in [0.5, 0.6) is 23.1 Å². The topological polar surface area (TPSA) is 515 Å². The molecule has 5 aliphatic rings. The number of pyridine rings is 3. The van der Waals surface area contributed by atoms with E-state index in [-0.39, 0.29) is 87.4 Å². The van der Waals surface area contributed by atoms with Crippen molar-refractivity contribution in [2.75, 3.05) is 13.2 Å². The van der Waals surface area contributed by atoms with E-state index in [1.54, 1.807) is 78.2 Å². The Kier molecular flexibility index (Phi) is 35.3. The minimum Gasteiger partial charge on any atom is -0.489 e. The number of nitrogens with one attached hydrogen (secondary N) is 3. The van der Waals surface area contributed by atoms with Crippen LogP contribution in [0.1, 0.15) is 193 Å². The average Bonchev–Trinajstić information content (AvgIpc) is 1.69. The number of hydrogen-bond acceptors (Lipinski definition) is 29. The van der Waals surface area contributed by atoms with Crippen molar-refractivity contribution in [2.45, 2.75) is 227 Å². The Labute approximate surface area is 774 Å². The summed E-state index contributed by atoms with van der Waals surface area (Å²) in [6, 6.07) is 29.7. The molecule has 5 fully saturated rings. The molecule has 9 atom stereocenters. The van der Waals surface area contributed by atoms with Crippen LogP contribution in [-0.4, -0.2) is 191 Å². The SMILES string of the molecule is CC[C@H](C)COC(=O)NCc1c(-c2ccc(O[C@H]3CCC[C@H](C(=O)O)C3)c(C)n2)nnn1C.Cc1nc(-c2nnn(C)c2CC(=O)OCC2CC2)ccc1O[C@H]1CCC[C@H](C(=O)O)C1.Cc1nc(-c2nnn(C)c2CNC(=O)OCc2ccccc2)ccc1O[C@H]1CCC[C@H](C(=O)O)C1.Cc1nc(-c2nnn(C)c2CNC(=O)OCc2ccccc2)cnc1OC1CCC[C@H](C(=O)O)C1. The lowest BCUT2D eigenvalue weighted by Crippen LogP contribution is -2.30. The number of carboxylic acids is 4. The molecule has 8 aromatic heterocycles. The van der Waals surface area contributed by atoms with Crippen LogP contribution < -0.4 is 34.9 Å². The van der Waals surface area contributed by atoms with E-state index in [9.17, 15) is 58.8 Å². The Bertz CT molecular complexity index is 5480. The Morgan fingerprint density at radius 1 is 0.403 bits per heavy atom. The fourth-order valence-electron chi connectivity index (χ4n) is 15.9. The molecule has 40 nitrogen and oxygen atoms in total. The molecule has 134 heavy (non-hydrogen) atoms. The van der Waals surface area contributed by atoms with Crippen LogP contribution in [-0.2, 0) is 110 Å². The number of ether oxygens (including phenoxy) is 8. The quantitative estimate of drug-likeness (QED) is 0.0148. The number of benzene rings is 2. The van der Waals surface area contributed by atoms with Crippen molar-refractivity contribution in [3.8, 4) is 68.7 Å². The third-order valence-corrected chi connectivity index (χ3v) is 24.1. The van der Waals surface area contributed by atoms with Gasteiger partial charge in [0.1, 0.15) is 70.7 Å². The molecule has 0 spiro atoms. The maximum absolute atomic E-state index is 12.2. The molecule has 0 bridgehead atoms. The van der Waals surface area contributed by atoms with E-state index in [0.29, 0.717) is 191 Å². The number of amides is 3. The third kappa shape index (κ3) is 28.5. The van der Waals surface area contributed by atoms with Crippen molar-refractivity contribution in [3.63, 3.8) is 0 Å². The van der Waals surface area contributed by atoms with Crippen molar-refractivity contribution in [1.29, 1.82) is 0 Å². The Hall–Kier alpha value is -14.1. The normalized spacial score (nSPS) is 18.7. The maximum Gasteiger partial charge on any atom is 0.407 e. The van der Waals surface area contributed by atoms with E-state index < -0.39 is 48.1 Å². The van der Waals surface area contributed by atoms with E-state index >= 15 is 0 Å². The van der Waals surface area contributed by atoms with Crippen molar-refractivity contribution in [1.82, 2.24) is 101 Å². The van der Waals surface area contributed by atoms with Crippen LogP contribution in [0.4, 0.5) is 14.4 Å². The van der Waals surface area contributed by atoms with E-state index in [0.717, 1.165) is 81.8 Å². The lowest BCUT2D eigenvalue weighted by molar-refractivity contribution is -0.144. The first-order chi connectivity index (χ1) is 64.5. The molecule has 0 aliphatic heterocycles. The summed E-state index contributed by atoms with van der Waals surface area (Å²) in [4.78, 5) is 117. The zero-order chi connectivity index (χ0) is 95.5. The van der Waals surface area contributed by atoms with E-state index in [2.05, 4.69) is 82.1 Å². The number of aryl methyl sites for hydroxylation is 8. The maximum atomic E-state index is 12.2. The summed E-state index contributed by atoms with van der Waals surface area (Å²) in [7, 11) is 6.97. The highest BCUT2D eigenvalue weighted by atomic mass is 16.6. The molecule has 1 unspecified atom stereocenters. The molecule has 7 N–H and O–H groups in total. The molecule has 0 saturated heterocycles. The van der Waals surface area contributed by atoms with Gasteiger partial charge in [0, 0.05) is 28.2 Å². The zero-order valence-electron chi connectivity index (χ0n) is 77.1. The van der Waals surface area contributed by atoms with Crippen LogP contribution >= 0.6 is 0 Å². The summed E-state index contributed by atoms with van der Waals surface area (Å²) in [6.07, 6.45) is 13.9. The smallest absolute Gasteiger partial charge is 0.407 e. The first kappa shape index (κ1) is 98.9. The van der Waals surface area contributed by atoms with Gasteiger partial charge in [-0.15, -0.1) is 20.4 Å². The van der Waals surface area contributed by atoms with Gasteiger partial charge in [-0.1, -0.05) is 102 Å². The van der Waals surface area contributed by atoms with Crippen molar-refractivity contribution in [2.24, 2.45) is 63.7 Å². The van der Waals surface area contributed by atoms with Gasteiger partial charge in [-0.25, -0.2) is 53.3 Å². The standard InChI is InChI=1S/C25H29N5O5.C24H28N6O5.C23H33N5O5.C22H28N4O5/c1-16-22(35-19-10-6-9-18(13-19)24(31)32)12-11-20(27-16)23-21(30(2)29-28-23)14-26-25(33)34-15-17-7-4-3-5-8-17;1-15-22(35-18-10-6-9-17(11-18)23(31)32)25-12-19(27-15)21-20(30(2)29-28-21)13-26-24(33)34-14-16-7-4-3-5-8-16;1-5-14(2)13-32-23(31)24-12-19-21(26-27-28(19)4)18-9-10-20(15(3)25-18)33-17-8-6-7-16(11-17)22(29)30;1-13-19(31-16-5-3-4-15(10-16)22(28)29)9-8-17(23-13)21-18(26(2)25-24-21)11-20(27)30-12-14-6-7-14/h3-5,7-8,11-12,18-19H,6,9-10,13-15H2,1-2H3,(H,26,33)(H,31,32);3-5,7-8,12,17-18H,6,9-11,13-14H2,1-2H3,(H,26,33)(H,31,32);9-10,14,16-17H,5-8,11-13H2,1-4H3,(H,24,31)(H,29,30);8-9,14-16H,3-7,10-12H2,1-2H3,(H,28,29)/t18-,19-;17-,18?;14-,16-,17-;15-,16-/m0000/s1. The largest absolute Gasteiger partial charge is 0.489 e. The van der Waals surface area contributed by atoms with Crippen LogP contribution in [0.15, 0.2) is 103 Å². The highest BCUT2D eigenvalue weighted by molar-refractivity contribution is 5.76. The second kappa shape index (κ2) is 47.8. The Balaban J connectivity index is 0.000000161. The number of carboxylic acid groups (broad SMARTS) is 4. The Morgan fingerprint density at radius 2 is 0.739 bits per heavy atom. The van der Waals surface area contributed by atoms with E-state index in [1.807, 2.05) is 113 Å². The monoisotopic (exact) mass is 1850 g/mol. The summed E-state index contributed by atoms with van der Waals surface area (Å²) < 4.78 is 51.7. The average molecular weight is 1850 g/mol. The zero-order valence-corrected chi connectivity index (χ0v) is 77.1. The minimum absolute atomic E-state index is 0.0865. The van der Waals surface area contributed by atoms with Crippen molar-refractivity contribution < 1.29 is 96.7 Å². The van der Waals surface area contributed by atoms with Crippen molar-refractivity contribution in [3.05, 3.63) is 160 Å². The van der Waals surface area contributed by atoms with Gasteiger partial charge in [-0.3, -0.25) is 28.7 Å². The van der Waals surface area contributed by atoms with E-state index in [1.165, 1.54) is 0 Å². The fourth-order valence-corrected chi connectivity index (χ4v) is 15.9. The number of hydrogen-bond donors (Lipinski definition) is 7. The number of esters is 1. The molecule has 5 saturated carbocycles. The molecule has 2 aromatic carbocycles. The lowest BCUT2D eigenvalue weighted by Gasteiger charge is -2.27. The van der Waals surface area contributed by atoms with Crippen LogP contribution in [0.2, 0.25) is 0 Å². The van der Waals surface area contributed by atoms with Gasteiger partial charge in [0.2, 0.25) is 5.88 Å². The van der Waals surface area contributed by atoms with Crippen LogP contribution in [0.3, 0.4) is 0 Å². The van der Waals surface area contributed by atoms with Gasteiger partial charge in [-0.05, 0) is 203 Å². The van der Waals surface area contributed by atoms with Gasteiger partial charge in [0.25, 0.3) is 0 Å². The molecular weight excluding hydrogens is 1730 g/mol. The molecule has 5 aliphatic carbocycles. The molecule has 40 heteroatoms. The predicted molar refractivity (Wildman–Crippen MR) is 482 cm³/mol. The number of aromatic nitrogens is 17.